The average Bonchev–Trinajstić information content (AvgIpc) is 2.11. The van der Waals surface area contributed by atoms with Crippen molar-refractivity contribution in [2.75, 3.05) is 0 Å². The van der Waals surface area contributed by atoms with Gasteiger partial charge in [0.2, 0.25) is 0 Å². The van der Waals surface area contributed by atoms with Gasteiger partial charge in [0.15, 0.2) is 0 Å². The molecule has 0 aliphatic heterocycles. The van der Waals surface area contributed by atoms with E-state index in [1.165, 1.54) is 6.42 Å². The molecule has 0 aromatic rings. The van der Waals surface area contributed by atoms with Gasteiger partial charge in [-0.2, -0.15) is 0 Å². The molecule has 1 aliphatic carbocycles. The van der Waals surface area contributed by atoms with E-state index in [4.69, 9.17) is 0 Å². The lowest BCUT2D eigenvalue weighted by Gasteiger charge is -2.26. The fourth-order valence-electron chi connectivity index (χ4n) is 1.74. The second kappa shape index (κ2) is 2.54. The highest BCUT2D eigenvalue weighted by atomic mass is 16.3. The summed E-state index contributed by atoms with van der Waals surface area (Å²) in [5.74, 6) is 0.738. The van der Waals surface area contributed by atoms with Crippen molar-refractivity contribution in [2.24, 2.45) is 11.3 Å². The molecule has 1 N–H and O–H groups in total. The van der Waals surface area contributed by atoms with Crippen molar-refractivity contribution in [3.8, 4) is 0 Å². The first-order valence-corrected chi connectivity index (χ1v) is 4.18. The molecule has 1 nitrogen and oxygen atoms in total. The van der Waals surface area contributed by atoms with E-state index in [-0.39, 0.29) is 6.10 Å². The van der Waals surface area contributed by atoms with E-state index in [2.05, 4.69) is 20.8 Å². The fraction of sp³-hybridized carbons (Fsp3) is 1.00. The quantitative estimate of drug-likeness (QED) is 0.549. The molecule has 0 bridgehead atoms. The summed E-state index contributed by atoms with van der Waals surface area (Å²) in [6.07, 6.45) is 3.24. The van der Waals surface area contributed by atoms with Crippen LogP contribution in [0.3, 0.4) is 0 Å². The van der Waals surface area contributed by atoms with Crippen LogP contribution in [-0.2, 0) is 0 Å². The first-order chi connectivity index (χ1) is 4.50. The zero-order valence-corrected chi connectivity index (χ0v) is 7.22. The first kappa shape index (κ1) is 8.06. The summed E-state index contributed by atoms with van der Waals surface area (Å²) < 4.78 is 0. The lowest BCUT2D eigenvalue weighted by molar-refractivity contribution is 0.158. The van der Waals surface area contributed by atoms with Gasteiger partial charge in [-0.1, -0.05) is 20.8 Å². The Morgan fingerprint density at radius 3 is 2.00 bits per heavy atom. The molecule has 0 unspecified atom stereocenters. The molecule has 1 heteroatoms. The van der Waals surface area contributed by atoms with Gasteiger partial charge in [-0.15, -0.1) is 0 Å². The molecule has 0 aromatic heterocycles. The maximum atomic E-state index is 9.26. The molecule has 1 saturated carbocycles. The molecule has 2 atom stereocenters. The second-order valence-electron chi connectivity index (χ2n) is 4.53. The molecule has 0 radical (unpaired) electrons. The average molecular weight is 142 g/mol. The molecule has 1 fully saturated rings. The number of aliphatic hydroxyl groups excluding tert-OH is 1. The van der Waals surface area contributed by atoms with Crippen molar-refractivity contribution in [1.29, 1.82) is 0 Å². The summed E-state index contributed by atoms with van der Waals surface area (Å²) in [5, 5.41) is 9.26. The third-order valence-corrected chi connectivity index (χ3v) is 2.63. The smallest absolute Gasteiger partial charge is 0.0543 e. The molecule has 10 heavy (non-hydrogen) atoms. The van der Waals surface area contributed by atoms with Crippen LogP contribution in [0.15, 0.2) is 0 Å². The molecular weight excluding hydrogens is 124 g/mol. The summed E-state index contributed by atoms with van der Waals surface area (Å²) in [6.45, 7) is 6.78. The summed E-state index contributed by atoms with van der Waals surface area (Å²) in [4.78, 5) is 0. The van der Waals surface area contributed by atoms with Crippen molar-refractivity contribution in [3.05, 3.63) is 0 Å². The van der Waals surface area contributed by atoms with E-state index >= 15 is 0 Å². The van der Waals surface area contributed by atoms with Crippen LogP contribution in [0.5, 0.6) is 0 Å². The molecule has 0 spiro atoms. The predicted molar refractivity (Wildman–Crippen MR) is 42.8 cm³/mol. The van der Waals surface area contributed by atoms with Gasteiger partial charge in [-0.3, -0.25) is 0 Å². The van der Waals surface area contributed by atoms with E-state index in [1.54, 1.807) is 0 Å². The Bertz CT molecular complexity index is 112. The molecule has 0 heterocycles. The summed E-state index contributed by atoms with van der Waals surface area (Å²) >= 11 is 0. The summed E-state index contributed by atoms with van der Waals surface area (Å²) in [5.41, 5.74) is 0.400. The Morgan fingerprint density at radius 2 is 1.80 bits per heavy atom. The molecule has 1 rings (SSSR count). The highest BCUT2D eigenvalue weighted by Gasteiger charge is 2.31. The van der Waals surface area contributed by atoms with Gasteiger partial charge in [0.1, 0.15) is 0 Å². The van der Waals surface area contributed by atoms with Crippen molar-refractivity contribution < 1.29 is 5.11 Å². The number of hydrogen-bond acceptors (Lipinski definition) is 1. The Labute approximate surface area is 63.4 Å². The first-order valence-electron chi connectivity index (χ1n) is 4.18. The van der Waals surface area contributed by atoms with Crippen LogP contribution >= 0.6 is 0 Å². The summed E-state index contributed by atoms with van der Waals surface area (Å²) in [7, 11) is 0. The lowest BCUT2D eigenvalue weighted by atomic mass is 9.80. The number of aliphatic hydroxyl groups is 1. The second-order valence-corrected chi connectivity index (χ2v) is 4.53. The molecule has 0 aromatic carbocycles. The van der Waals surface area contributed by atoms with Gasteiger partial charge < -0.3 is 5.11 Å². The van der Waals surface area contributed by atoms with E-state index in [0.717, 1.165) is 18.8 Å². The Balaban J connectivity index is 2.45. The van der Waals surface area contributed by atoms with Gasteiger partial charge in [0.25, 0.3) is 0 Å². The number of rotatable bonds is 0. The van der Waals surface area contributed by atoms with E-state index in [1.807, 2.05) is 0 Å². The highest BCUT2D eigenvalue weighted by Crippen LogP contribution is 2.38. The molecule has 0 amide bonds. The Kier molecular flexibility index (Phi) is 2.04. The number of hydrogen-bond donors (Lipinski definition) is 1. The molecule has 0 saturated heterocycles. The third kappa shape index (κ3) is 1.72. The van der Waals surface area contributed by atoms with Crippen molar-refractivity contribution in [3.63, 3.8) is 0 Å². The van der Waals surface area contributed by atoms with Crippen molar-refractivity contribution in [1.82, 2.24) is 0 Å². The van der Waals surface area contributed by atoms with Gasteiger partial charge in [-0.05, 0) is 30.6 Å². The van der Waals surface area contributed by atoms with Crippen LogP contribution in [0.4, 0.5) is 0 Å². The van der Waals surface area contributed by atoms with Gasteiger partial charge >= 0.3 is 0 Å². The van der Waals surface area contributed by atoms with Crippen LogP contribution < -0.4 is 0 Å². The topological polar surface area (TPSA) is 20.2 Å². The third-order valence-electron chi connectivity index (χ3n) is 2.63. The van der Waals surface area contributed by atoms with Crippen molar-refractivity contribution in [2.45, 2.75) is 46.1 Å². The van der Waals surface area contributed by atoms with Gasteiger partial charge in [0, 0.05) is 0 Å². The lowest BCUT2D eigenvalue weighted by Crippen LogP contribution is -2.18. The van der Waals surface area contributed by atoms with Crippen molar-refractivity contribution >= 4 is 0 Å². The minimum absolute atomic E-state index is 0.00998. The zero-order chi connectivity index (χ0) is 7.78. The maximum absolute atomic E-state index is 9.26. The molecular formula is C9H18O. The van der Waals surface area contributed by atoms with Crippen LogP contribution in [0.2, 0.25) is 0 Å². The molecule has 1 aliphatic rings. The minimum Gasteiger partial charge on any atom is -0.393 e. The monoisotopic (exact) mass is 142 g/mol. The highest BCUT2D eigenvalue weighted by molar-refractivity contribution is 4.82. The predicted octanol–water partition coefficient (Wildman–Crippen LogP) is 2.19. The minimum atomic E-state index is -0.00998. The van der Waals surface area contributed by atoms with Crippen LogP contribution in [0, 0.1) is 11.3 Å². The standard InChI is InChI=1S/C9H18O/c1-9(2,3)7-4-5-8(10)6-7/h7-8,10H,4-6H2,1-3H3/t7-,8-/m1/s1. The van der Waals surface area contributed by atoms with Crippen LogP contribution in [0.1, 0.15) is 40.0 Å². The van der Waals surface area contributed by atoms with E-state index in [9.17, 15) is 5.11 Å². The Hall–Kier alpha value is -0.0400. The normalized spacial score (nSPS) is 34.8. The fourth-order valence-corrected chi connectivity index (χ4v) is 1.74. The van der Waals surface area contributed by atoms with E-state index < -0.39 is 0 Å². The van der Waals surface area contributed by atoms with E-state index in [0.29, 0.717) is 5.41 Å². The SMILES string of the molecule is CC(C)(C)[C@@H]1CC[C@@H](O)C1. The van der Waals surface area contributed by atoms with Gasteiger partial charge in [0.05, 0.1) is 6.10 Å². The maximum Gasteiger partial charge on any atom is 0.0543 e. The van der Waals surface area contributed by atoms with Crippen LogP contribution in [0.25, 0.3) is 0 Å². The van der Waals surface area contributed by atoms with Crippen LogP contribution in [-0.4, -0.2) is 11.2 Å². The van der Waals surface area contributed by atoms with Gasteiger partial charge in [-0.25, -0.2) is 0 Å². The summed E-state index contributed by atoms with van der Waals surface area (Å²) in [6, 6.07) is 0. The largest absolute Gasteiger partial charge is 0.393 e. The molecule has 60 valence electrons. The Morgan fingerprint density at radius 1 is 1.20 bits per heavy atom. The zero-order valence-electron chi connectivity index (χ0n) is 7.22.